The van der Waals surface area contributed by atoms with Crippen LogP contribution in [0.5, 0.6) is 0 Å². The van der Waals surface area contributed by atoms with Gasteiger partial charge >= 0.3 is 0 Å². The Morgan fingerprint density at radius 3 is 2.57 bits per heavy atom. The summed E-state index contributed by atoms with van der Waals surface area (Å²) in [5, 5.41) is 0. The van der Waals surface area contributed by atoms with E-state index in [1.807, 2.05) is 23.1 Å². The van der Waals surface area contributed by atoms with E-state index in [2.05, 4.69) is 21.8 Å². The van der Waals surface area contributed by atoms with Crippen LogP contribution in [0.15, 0.2) is 30.3 Å². The predicted molar refractivity (Wildman–Crippen MR) is 109 cm³/mol. The van der Waals surface area contributed by atoms with Gasteiger partial charge in [0.05, 0.1) is 6.26 Å². The van der Waals surface area contributed by atoms with Gasteiger partial charge in [0.2, 0.25) is 15.9 Å². The molecule has 1 aromatic carbocycles. The second kappa shape index (κ2) is 7.76. The highest BCUT2D eigenvalue weighted by molar-refractivity contribution is 7.88. The van der Waals surface area contributed by atoms with Crippen molar-refractivity contribution in [1.29, 1.82) is 0 Å². The van der Waals surface area contributed by atoms with E-state index < -0.39 is 10.0 Å². The normalized spacial score (nSPS) is 28.8. The third kappa shape index (κ3) is 4.75. The van der Waals surface area contributed by atoms with Gasteiger partial charge in [0.25, 0.3) is 0 Å². The highest BCUT2D eigenvalue weighted by Gasteiger charge is 2.49. The molecule has 1 saturated carbocycles. The summed E-state index contributed by atoms with van der Waals surface area (Å²) in [6, 6.07) is 10.3. The van der Waals surface area contributed by atoms with Gasteiger partial charge in [0.1, 0.15) is 0 Å². The molecule has 2 atom stereocenters. The third-order valence-electron chi connectivity index (χ3n) is 6.52. The molecule has 6 nitrogen and oxygen atoms in total. The fraction of sp³-hybridized carbons (Fsp3) is 0.667. The van der Waals surface area contributed by atoms with Crippen molar-refractivity contribution in [2.75, 3.05) is 32.4 Å². The Morgan fingerprint density at radius 1 is 1.14 bits per heavy atom. The lowest BCUT2D eigenvalue weighted by Gasteiger charge is -2.46. The topological polar surface area (TPSA) is 69.7 Å². The molecule has 0 aromatic heterocycles. The van der Waals surface area contributed by atoms with Crippen molar-refractivity contribution in [3.05, 3.63) is 35.9 Å². The molecule has 1 aliphatic carbocycles. The van der Waals surface area contributed by atoms with Gasteiger partial charge < -0.3 is 4.90 Å². The Labute approximate surface area is 168 Å². The zero-order valence-corrected chi connectivity index (χ0v) is 17.5. The molecule has 28 heavy (non-hydrogen) atoms. The van der Waals surface area contributed by atoms with Crippen LogP contribution in [0.1, 0.15) is 37.7 Å². The summed E-state index contributed by atoms with van der Waals surface area (Å²) in [5.41, 5.74) is 1.07. The molecule has 7 heteroatoms. The van der Waals surface area contributed by atoms with Gasteiger partial charge in [0.15, 0.2) is 0 Å². The number of hydrogen-bond acceptors (Lipinski definition) is 4. The molecule has 154 valence electrons. The molecule has 2 heterocycles. The molecule has 1 spiro atoms. The zero-order chi connectivity index (χ0) is 19.8. The van der Waals surface area contributed by atoms with Crippen LogP contribution in [0.25, 0.3) is 0 Å². The summed E-state index contributed by atoms with van der Waals surface area (Å²) in [4.78, 5) is 17.1. The lowest BCUT2D eigenvalue weighted by atomic mass is 9.75. The molecular formula is C21H31N3O3S. The predicted octanol–water partition coefficient (Wildman–Crippen LogP) is 1.83. The summed E-state index contributed by atoms with van der Waals surface area (Å²) in [6.07, 6.45) is 5.86. The van der Waals surface area contributed by atoms with E-state index in [1.54, 1.807) is 0 Å². The molecule has 0 bridgehead atoms. The fourth-order valence-electron chi connectivity index (χ4n) is 4.89. The van der Waals surface area contributed by atoms with Crippen molar-refractivity contribution in [2.24, 2.45) is 11.3 Å². The van der Waals surface area contributed by atoms with Crippen LogP contribution >= 0.6 is 0 Å². The van der Waals surface area contributed by atoms with Crippen LogP contribution in [0, 0.1) is 11.3 Å². The van der Waals surface area contributed by atoms with Gasteiger partial charge in [0, 0.05) is 44.1 Å². The standard InChI is InChI=1S/C21H31N3O3S/c1-28(26,27)22-19-9-11-24(20(25)13-17-7-8-17)16-21(19)10-12-23(15-21)14-18-5-3-2-4-6-18/h2-6,17,19,22H,7-16H2,1H3/t19-,21+/m0/s1. The van der Waals surface area contributed by atoms with Crippen LogP contribution in [0.3, 0.4) is 0 Å². The van der Waals surface area contributed by atoms with E-state index in [0.717, 1.165) is 26.1 Å². The Bertz CT molecular complexity index is 809. The number of piperidine rings is 1. The van der Waals surface area contributed by atoms with Crippen molar-refractivity contribution in [3.63, 3.8) is 0 Å². The molecule has 0 unspecified atom stereocenters. The largest absolute Gasteiger partial charge is 0.342 e. The second-order valence-electron chi connectivity index (χ2n) is 9.00. The number of rotatable bonds is 6. The number of carbonyl (C=O) groups is 1. The molecule has 0 radical (unpaired) electrons. The van der Waals surface area contributed by atoms with Gasteiger partial charge in [-0.2, -0.15) is 0 Å². The minimum absolute atomic E-state index is 0.103. The van der Waals surface area contributed by atoms with Crippen molar-refractivity contribution in [3.8, 4) is 0 Å². The van der Waals surface area contributed by atoms with Crippen LogP contribution in [0.2, 0.25) is 0 Å². The van der Waals surface area contributed by atoms with E-state index in [1.165, 1.54) is 24.7 Å². The fourth-order valence-corrected chi connectivity index (χ4v) is 5.77. The molecule has 1 N–H and O–H groups in total. The Morgan fingerprint density at radius 2 is 1.89 bits per heavy atom. The smallest absolute Gasteiger partial charge is 0.222 e. The molecule has 3 aliphatic rings. The number of benzene rings is 1. The van der Waals surface area contributed by atoms with E-state index in [4.69, 9.17) is 0 Å². The van der Waals surface area contributed by atoms with Crippen molar-refractivity contribution >= 4 is 15.9 Å². The van der Waals surface area contributed by atoms with Crippen LogP contribution in [-0.2, 0) is 21.4 Å². The number of hydrogen-bond donors (Lipinski definition) is 1. The van der Waals surface area contributed by atoms with Crippen molar-refractivity contribution < 1.29 is 13.2 Å². The monoisotopic (exact) mass is 405 g/mol. The van der Waals surface area contributed by atoms with Crippen LogP contribution in [0.4, 0.5) is 0 Å². The number of sulfonamides is 1. The summed E-state index contributed by atoms with van der Waals surface area (Å²) in [5.74, 6) is 0.828. The van der Waals surface area contributed by atoms with Gasteiger partial charge in [-0.15, -0.1) is 0 Å². The first-order chi connectivity index (χ1) is 13.3. The molecule has 2 saturated heterocycles. The first-order valence-electron chi connectivity index (χ1n) is 10.3. The minimum Gasteiger partial charge on any atom is -0.342 e. The number of amides is 1. The highest BCUT2D eigenvalue weighted by atomic mass is 32.2. The summed E-state index contributed by atoms with van der Waals surface area (Å²) in [6.45, 7) is 3.93. The first-order valence-corrected chi connectivity index (χ1v) is 12.2. The number of likely N-dealkylation sites (tertiary alicyclic amines) is 2. The van der Waals surface area contributed by atoms with Crippen LogP contribution in [-0.4, -0.2) is 62.6 Å². The number of nitrogens with zero attached hydrogens (tertiary/aromatic N) is 2. The molecule has 4 rings (SSSR count). The van der Waals surface area contributed by atoms with Gasteiger partial charge in [-0.25, -0.2) is 13.1 Å². The van der Waals surface area contributed by atoms with Gasteiger partial charge in [-0.1, -0.05) is 30.3 Å². The zero-order valence-electron chi connectivity index (χ0n) is 16.6. The second-order valence-corrected chi connectivity index (χ2v) is 10.8. The Kier molecular flexibility index (Phi) is 5.51. The average molecular weight is 406 g/mol. The van der Waals surface area contributed by atoms with Gasteiger partial charge in [-0.05, 0) is 43.7 Å². The summed E-state index contributed by atoms with van der Waals surface area (Å²) < 4.78 is 26.8. The third-order valence-corrected chi connectivity index (χ3v) is 7.23. The van der Waals surface area contributed by atoms with E-state index in [9.17, 15) is 13.2 Å². The van der Waals surface area contributed by atoms with Crippen molar-refractivity contribution in [1.82, 2.24) is 14.5 Å². The lowest BCUT2D eigenvalue weighted by molar-refractivity contribution is -0.135. The summed E-state index contributed by atoms with van der Waals surface area (Å²) in [7, 11) is -3.28. The average Bonchev–Trinajstić information content (AvgIpc) is 3.37. The van der Waals surface area contributed by atoms with E-state index >= 15 is 0 Å². The molecule has 1 amide bonds. The number of nitrogens with one attached hydrogen (secondary N) is 1. The Balaban J connectivity index is 1.49. The maximum absolute atomic E-state index is 12.7. The first kappa shape index (κ1) is 19.9. The number of carbonyl (C=O) groups excluding carboxylic acids is 1. The SMILES string of the molecule is CS(=O)(=O)N[C@H]1CCN(C(=O)CC2CC2)C[C@]12CCN(Cc1ccccc1)C2. The van der Waals surface area contributed by atoms with Crippen LogP contribution < -0.4 is 4.72 Å². The van der Waals surface area contributed by atoms with Crippen molar-refractivity contribution in [2.45, 2.75) is 44.7 Å². The maximum Gasteiger partial charge on any atom is 0.222 e. The molecule has 1 aromatic rings. The Hall–Kier alpha value is -1.44. The highest BCUT2D eigenvalue weighted by Crippen LogP contribution is 2.41. The lowest BCUT2D eigenvalue weighted by Crippen LogP contribution is -2.60. The molecule has 3 fully saturated rings. The molecular weight excluding hydrogens is 374 g/mol. The minimum atomic E-state index is -3.28. The molecule has 2 aliphatic heterocycles. The van der Waals surface area contributed by atoms with Gasteiger partial charge in [-0.3, -0.25) is 9.69 Å². The van der Waals surface area contributed by atoms with E-state index in [-0.39, 0.29) is 17.4 Å². The summed E-state index contributed by atoms with van der Waals surface area (Å²) >= 11 is 0. The maximum atomic E-state index is 12.7. The van der Waals surface area contributed by atoms with E-state index in [0.29, 0.717) is 31.8 Å². The quantitative estimate of drug-likeness (QED) is 0.784.